The van der Waals surface area contributed by atoms with Crippen molar-refractivity contribution in [2.24, 2.45) is 0 Å². The standard InChI is InChI=1S/C18H20FN3O/c1-22(2)17-9-6-13(11-20-17)18(23)21-16-5-3-4-12-10-14(19)7-8-15(12)16/h6-11,16H,3-5H2,1-2H3,(H,21,23). The smallest absolute Gasteiger partial charge is 0.253 e. The monoisotopic (exact) mass is 313 g/mol. The Hall–Kier alpha value is -2.43. The van der Waals surface area contributed by atoms with Crippen LogP contribution >= 0.6 is 0 Å². The van der Waals surface area contributed by atoms with Crippen LogP contribution in [0.1, 0.15) is 40.4 Å². The van der Waals surface area contributed by atoms with Gasteiger partial charge >= 0.3 is 0 Å². The van der Waals surface area contributed by atoms with Gasteiger partial charge in [0, 0.05) is 20.3 Å². The molecule has 3 rings (SSSR count). The summed E-state index contributed by atoms with van der Waals surface area (Å²) in [5.41, 5.74) is 2.54. The third-order valence-electron chi connectivity index (χ3n) is 4.19. The fourth-order valence-corrected chi connectivity index (χ4v) is 2.96. The lowest BCUT2D eigenvalue weighted by Crippen LogP contribution is -2.31. The van der Waals surface area contributed by atoms with Crippen LogP contribution in [0.25, 0.3) is 0 Å². The number of fused-ring (bicyclic) bond motifs is 1. The SMILES string of the molecule is CN(C)c1ccc(C(=O)NC2CCCc3cc(F)ccc32)cn1. The third kappa shape index (κ3) is 3.33. The third-order valence-corrected chi connectivity index (χ3v) is 4.19. The first-order valence-electron chi connectivity index (χ1n) is 7.77. The van der Waals surface area contributed by atoms with Gasteiger partial charge in [-0.05, 0) is 54.7 Å². The van der Waals surface area contributed by atoms with Crippen LogP contribution < -0.4 is 10.2 Å². The number of rotatable bonds is 3. The molecule has 1 aliphatic carbocycles. The average Bonchev–Trinajstić information content (AvgIpc) is 2.54. The van der Waals surface area contributed by atoms with Gasteiger partial charge in [-0.3, -0.25) is 4.79 Å². The lowest BCUT2D eigenvalue weighted by atomic mass is 9.87. The van der Waals surface area contributed by atoms with Crippen molar-refractivity contribution in [2.75, 3.05) is 19.0 Å². The largest absolute Gasteiger partial charge is 0.363 e. The van der Waals surface area contributed by atoms with Gasteiger partial charge in [-0.25, -0.2) is 9.37 Å². The molecular weight excluding hydrogens is 293 g/mol. The molecule has 0 radical (unpaired) electrons. The molecule has 120 valence electrons. The maximum Gasteiger partial charge on any atom is 0.253 e. The number of nitrogens with one attached hydrogen (secondary N) is 1. The summed E-state index contributed by atoms with van der Waals surface area (Å²) in [6.07, 6.45) is 4.25. The van der Waals surface area contributed by atoms with Crippen LogP contribution in [0.5, 0.6) is 0 Å². The molecule has 0 saturated carbocycles. The lowest BCUT2D eigenvalue weighted by Gasteiger charge is -2.26. The van der Waals surface area contributed by atoms with Crippen molar-refractivity contribution in [2.45, 2.75) is 25.3 Å². The van der Waals surface area contributed by atoms with Crippen molar-refractivity contribution >= 4 is 11.7 Å². The molecule has 1 unspecified atom stereocenters. The minimum absolute atomic E-state index is 0.0691. The number of aromatic nitrogens is 1. The molecule has 0 saturated heterocycles. The molecule has 1 aromatic heterocycles. The van der Waals surface area contributed by atoms with Crippen LogP contribution in [-0.2, 0) is 6.42 Å². The second-order valence-corrected chi connectivity index (χ2v) is 6.06. The van der Waals surface area contributed by atoms with Gasteiger partial charge in [0.2, 0.25) is 0 Å². The van der Waals surface area contributed by atoms with Gasteiger partial charge in [0.1, 0.15) is 11.6 Å². The number of aryl methyl sites for hydroxylation is 1. The van der Waals surface area contributed by atoms with Crippen LogP contribution in [0.4, 0.5) is 10.2 Å². The molecule has 1 aliphatic rings. The predicted octanol–water partition coefficient (Wildman–Crippen LogP) is 3.09. The molecule has 1 N–H and O–H groups in total. The Morgan fingerprint density at radius 2 is 2.13 bits per heavy atom. The molecule has 4 nitrogen and oxygen atoms in total. The van der Waals surface area contributed by atoms with E-state index < -0.39 is 0 Å². The fraction of sp³-hybridized carbons (Fsp3) is 0.333. The molecule has 23 heavy (non-hydrogen) atoms. The normalized spacial score (nSPS) is 16.6. The number of hydrogen-bond acceptors (Lipinski definition) is 3. The summed E-state index contributed by atoms with van der Waals surface area (Å²) in [4.78, 5) is 18.6. The summed E-state index contributed by atoms with van der Waals surface area (Å²) < 4.78 is 13.4. The number of hydrogen-bond donors (Lipinski definition) is 1. The molecular formula is C18H20FN3O. The van der Waals surface area contributed by atoms with Crippen molar-refractivity contribution in [3.63, 3.8) is 0 Å². The predicted molar refractivity (Wildman–Crippen MR) is 88.1 cm³/mol. The Bertz CT molecular complexity index is 713. The zero-order valence-electron chi connectivity index (χ0n) is 13.3. The Morgan fingerprint density at radius 3 is 2.83 bits per heavy atom. The Labute approximate surface area is 135 Å². The topological polar surface area (TPSA) is 45.2 Å². The van der Waals surface area contributed by atoms with Gasteiger partial charge in [-0.1, -0.05) is 6.07 Å². The van der Waals surface area contributed by atoms with E-state index in [1.54, 1.807) is 24.4 Å². The van der Waals surface area contributed by atoms with Gasteiger partial charge in [0.05, 0.1) is 11.6 Å². The summed E-state index contributed by atoms with van der Waals surface area (Å²) >= 11 is 0. The summed E-state index contributed by atoms with van der Waals surface area (Å²) in [6.45, 7) is 0. The van der Waals surface area contributed by atoms with Gasteiger partial charge in [-0.15, -0.1) is 0 Å². The highest BCUT2D eigenvalue weighted by Gasteiger charge is 2.22. The zero-order valence-corrected chi connectivity index (χ0v) is 13.3. The highest BCUT2D eigenvalue weighted by Crippen LogP contribution is 2.30. The van der Waals surface area contributed by atoms with Gasteiger partial charge in [0.25, 0.3) is 5.91 Å². The Morgan fingerprint density at radius 1 is 1.30 bits per heavy atom. The number of anilines is 1. The summed E-state index contributed by atoms with van der Waals surface area (Å²) in [5.74, 6) is 0.434. The second-order valence-electron chi connectivity index (χ2n) is 6.06. The van der Waals surface area contributed by atoms with Gasteiger partial charge in [-0.2, -0.15) is 0 Å². The second kappa shape index (κ2) is 6.36. The first-order chi connectivity index (χ1) is 11.0. The number of carbonyl (C=O) groups excluding carboxylic acids is 1. The fourth-order valence-electron chi connectivity index (χ4n) is 2.96. The summed E-state index contributed by atoms with van der Waals surface area (Å²) in [7, 11) is 3.81. The van der Waals surface area contributed by atoms with Crippen LogP contribution in [0, 0.1) is 5.82 Å². The molecule has 1 heterocycles. The molecule has 1 amide bonds. The molecule has 0 fully saturated rings. The highest BCUT2D eigenvalue weighted by molar-refractivity contribution is 5.94. The van der Waals surface area contributed by atoms with Crippen LogP contribution in [0.3, 0.4) is 0 Å². The van der Waals surface area contributed by atoms with E-state index in [0.717, 1.165) is 36.2 Å². The van der Waals surface area contributed by atoms with E-state index in [2.05, 4.69) is 10.3 Å². The molecule has 1 aromatic carbocycles. The Balaban J connectivity index is 1.76. The van der Waals surface area contributed by atoms with E-state index in [0.29, 0.717) is 5.56 Å². The first-order valence-corrected chi connectivity index (χ1v) is 7.77. The summed E-state index contributed by atoms with van der Waals surface area (Å²) in [6, 6.07) is 8.32. The minimum Gasteiger partial charge on any atom is -0.363 e. The molecule has 0 spiro atoms. The van der Waals surface area contributed by atoms with E-state index in [-0.39, 0.29) is 17.8 Å². The average molecular weight is 313 g/mol. The van der Waals surface area contributed by atoms with Crippen molar-refractivity contribution in [3.8, 4) is 0 Å². The van der Waals surface area contributed by atoms with Crippen molar-refractivity contribution in [1.82, 2.24) is 10.3 Å². The summed E-state index contributed by atoms with van der Waals surface area (Å²) in [5, 5.41) is 3.04. The number of benzene rings is 1. The number of halogens is 1. The van der Waals surface area contributed by atoms with Crippen LogP contribution in [0.15, 0.2) is 36.5 Å². The van der Waals surface area contributed by atoms with E-state index in [4.69, 9.17) is 0 Å². The van der Waals surface area contributed by atoms with E-state index in [9.17, 15) is 9.18 Å². The number of nitrogens with zero attached hydrogens (tertiary/aromatic N) is 2. The van der Waals surface area contributed by atoms with Crippen molar-refractivity contribution in [3.05, 3.63) is 59.0 Å². The molecule has 1 atom stereocenters. The Kier molecular flexibility index (Phi) is 4.28. The maximum atomic E-state index is 13.4. The van der Waals surface area contributed by atoms with E-state index >= 15 is 0 Å². The quantitative estimate of drug-likeness (QED) is 0.947. The number of amides is 1. The van der Waals surface area contributed by atoms with Crippen LogP contribution in [0.2, 0.25) is 0 Å². The molecule has 2 aromatic rings. The van der Waals surface area contributed by atoms with E-state index in [1.165, 1.54) is 6.07 Å². The molecule has 5 heteroatoms. The molecule has 0 bridgehead atoms. The van der Waals surface area contributed by atoms with E-state index in [1.807, 2.05) is 25.1 Å². The zero-order chi connectivity index (χ0) is 16.4. The van der Waals surface area contributed by atoms with Gasteiger partial charge < -0.3 is 10.2 Å². The highest BCUT2D eigenvalue weighted by atomic mass is 19.1. The number of pyridine rings is 1. The lowest BCUT2D eigenvalue weighted by molar-refractivity contribution is 0.0932. The maximum absolute atomic E-state index is 13.4. The van der Waals surface area contributed by atoms with Crippen molar-refractivity contribution < 1.29 is 9.18 Å². The van der Waals surface area contributed by atoms with Crippen molar-refractivity contribution in [1.29, 1.82) is 0 Å². The minimum atomic E-state index is -0.223. The van der Waals surface area contributed by atoms with Crippen LogP contribution in [-0.4, -0.2) is 25.0 Å². The van der Waals surface area contributed by atoms with Gasteiger partial charge in [0.15, 0.2) is 0 Å². The first kappa shape index (κ1) is 15.5. The number of carbonyl (C=O) groups is 1. The molecule has 0 aliphatic heterocycles.